The van der Waals surface area contributed by atoms with Gasteiger partial charge in [0.05, 0.1) is 13.0 Å². The molecule has 2 aliphatic rings. The van der Waals surface area contributed by atoms with E-state index in [1.54, 1.807) is 27.7 Å². The Kier molecular flexibility index (Phi) is 19.5. The van der Waals surface area contributed by atoms with Gasteiger partial charge in [0.15, 0.2) is 5.96 Å². The number of nitrogens with one attached hydrogen (secondary N) is 6. The fraction of sp³-hybridized carbons (Fsp3) is 0.737. The van der Waals surface area contributed by atoms with Crippen molar-refractivity contribution in [2.24, 2.45) is 34.2 Å². The van der Waals surface area contributed by atoms with Crippen molar-refractivity contribution in [3.63, 3.8) is 0 Å². The van der Waals surface area contributed by atoms with E-state index in [-0.39, 0.29) is 63.0 Å². The molecular formula is C38H65N11O10. The van der Waals surface area contributed by atoms with Crippen molar-refractivity contribution in [1.82, 2.24) is 41.7 Å². The van der Waals surface area contributed by atoms with Gasteiger partial charge in [0.25, 0.3) is 0 Å². The maximum atomic E-state index is 14.3. The lowest BCUT2D eigenvalue weighted by atomic mass is 9.97. The number of fused-ring (bicyclic) bond motifs is 1. The smallest absolute Gasteiger partial charge is 0.305 e. The number of hydrogen-bond acceptors (Lipinski definition) is 10. The molecule has 0 radical (unpaired) electrons. The van der Waals surface area contributed by atoms with Gasteiger partial charge in [-0.25, -0.2) is 0 Å². The van der Waals surface area contributed by atoms with Crippen molar-refractivity contribution in [2.45, 2.75) is 136 Å². The van der Waals surface area contributed by atoms with Crippen molar-refractivity contribution in [3.8, 4) is 0 Å². The third-order valence-corrected chi connectivity index (χ3v) is 9.93. The van der Waals surface area contributed by atoms with Crippen molar-refractivity contribution in [2.75, 3.05) is 26.7 Å². The maximum Gasteiger partial charge on any atom is 0.305 e. The molecule has 0 aliphatic carbocycles. The second-order valence-corrected chi connectivity index (χ2v) is 16.4. The van der Waals surface area contributed by atoms with Crippen LogP contribution in [0, 0.1) is 17.8 Å². The number of aliphatic carboxylic acids is 1. The zero-order valence-electron chi connectivity index (χ0n) is 35.5. The number of amides is 8. The molecule has 0 aromatic heterocycles. The Morgan fingerprint density at radius 3 is 1.92 bits per heavy atom. The number of guanidine groups is 1. The Morgan fingerprint density at radius 2 is 1.34 bits per heavy atom. The molecule has 21 nitrogen and oxygen atoms in total. The SMILES string of the molecule is CC(C)C[C@@H]1NC(=O)[C@H](C)NC(=O)[C@@H]2CCCN2C(=O)[C@@H](C(C)C)N(C)C(=O)[C@H](CC(C)C)NC(=O)[C@H](CC(=O)O)NC(=O)CNC(=O)[C@H](CCCN=C(N)N)NC1=O. The van der Waals surface area contributed by atoms with Gasteiger partial charge in [0, 0.05) is 20.1 Å². The Morgan fingerprint density at radius 1 is 0.763 bits per heavy atom. The predicted octanol–water partition coefficient (Wildman–Crippen LogP) is -2.35. The number of likely N-dealkylation sites (N-methyl/N-ethyl adjacent to an activating group) is 1. The van der Waals surface area contributed by atoms with Gasteiger partial charge >= 0.3 is 5.97 Å². The predicted molar refractivity (Wildman–Crippen MR) is 216 cm³/mol. The Labute approximate surface area is 345 Å². The van der Waals surface area contributed by atoms with Gasteiger partial charge < -0.3 is 58.3 Å². The van der Waals surface area contributed by atoms with E-state index in [1.165, 1.54) is 23.8 Å². The molecule has 21 heteroatoms. The summed E-state index contributed by atoms with van der Waals surface area (Å²) in [5.74, 6) is -8.35. The minimum atomic E-state index is -1.68. The van der Waals surface area contributed by atoms with Crippen LogP contribution >= 0.6 is 0 Å². The quantitative estimate of drug-likeness (QED) is 0.0601. The molecule has 0 aromatic rings. The highest BCUT2D eigenvalue weighted by molar-refractivity contribution is 5.99. The Hall–Kier alpha value is -5.50. The summed E-state index contributed by atoms with van der Waals surface area (Å²) < 4.78 is 0. The zero-order valence-corrected chi connectivity index (χ0v) is 35.5. The van der Waals surface area contributed by atoms with Crippen LogP contribution < -0.4 is 43.4 Å². The van der Waals surface area contributed by atoms with Crippen LogP contribution in [0.2, 0.25) is 0 Å². The van der Waals surface area contributed by atoms with Crippen LogP contribution in [0.5, 0.6) is 0 Å². The third kappa shape index (κ3) is 15.6. The number of nitrogens with zero attached hydrogens (tertiary/aromatic N) is 3. The first-order valence-electron chi connectivity index (χ1n) is 20.2. The molecule has 2 aliphatic heterocycles. The summed E-state index contributed by atoms with van der Waals surface area (Å²) in [5.41, 5.74) is 10.8. The fourth-order valence-corrected chi connectivity index (χ4v) is 7.06. The number of carboxylic acid groups (broad SMARTS) is 1. The van der Waals surface area contributed by atoms with Crippen molar-refractivity contribution in [3.05, 3.63) is 0 Å². The van der Waals surface area contributed by atoms with E-state index in [1.807, 2.05) is 13.8 Å². The van der Waals surface area contributed by atoms with Crippen LogP contribution in [-0.2, 0) is 43.2 Å². The second kappa shape index (κ2) is 23.2. The lowest BCUT2D eigenvalue weighted by molar-refractivity contribution is -0.150. The van der Waals surface area contributed by atoms with Gasteiger partial charge in [0.1, 0.15) is 42.3 Å². The number of carboxylic acids is 1. The van der Waals surface area contributed by atoms with Crippen LogP contribution in [0.3, 0.4) is 0 Å². The molecule has 0 aromatic carbocycles. The first-order valence-corrected chi connectivity index (χ1v) is 20.2. The van der Waals surface area contributed by atoms with Crippen molar-refractivity contribution >= 4 is 59.2 Å². The van der Waals surface area contributed by atoms with Crippen LogP contribution in [0.1, 0.15) is 93.4 Å². The summed E-state index contributed by atoms with van der Waals surface area (Å²) in [6, 6.07) is -8.58. The first kappa shape index (κ1) is 49.6. The average Bonchev–Trinajstić information content (AvgIpc) is 3.63. The highest BCUT2D eigenvalue weighted by Gasteiger charge is 2.43. The average molecular weight is 836 g/mol. The molecule has 2 fully saturated rings. The maximum absolute atomic E-state index is 14.3. The van der Waals surface area contributed by atoms with Crippen LogP contribution in [0.15, 0.2) is 4.99 Å². The zero-order chi connectivity index (χ0) is 44.7. The topological polar surface area (TPSA) is 317 Å². The highest BCUT2D eigenvalue weighted by atomic mass is 16.4. The lowest BCUT2D eigenvalue weighted by Gasteiger charge is -2.37. The lowest BCUT2D eigenvalue weighted by Crippen LogP contribution is -2.61. The number of rotatable bonds is 11. The molecule has 2 heterocycles. The van der Waals surface area contributed by atoms with Gasteiger partial charge in [-0.05, 0) is 63.2 Å². The number of hydrogen-bond donors (Lipinski definition) is 9. The van der Waals surface area contributed by atoms with E-state index in [4.69, 9.17) is 11.5 Å². The van der Waals surface area contributed by atoms with E-state index < -0.39 is 114 Å². The second-order valence-electron chi connectivity index (χ2n) is 16.4. The Bertz CT molecular complexity index is 1580. The monoisotopic (exact) mass is 835 g/mol. The molecule has 11 N–H and O–H groups in total. The van der Waals surface area contributed by atoms with E-state index in [9.17, 15) is 48.3 Å². The summed E-state index contributed by atoms with van der Waals surface area (Å²) in [5, 5.41) is 24.8. The number of carbonyl (C=O) groups excluding carboxylic acids is 8. The number of aliphatic imine (C=N–C) groups is 1. The van der Waals surface area contributed by atoms with Crippen molar-refractivity contribution < 1.29 is 48.3 Å². The third-order valence-electron chi connectivity index (χ3n) is 9.93. The molecule has 332 valence electrons. The van der Waals surface area contributed by atoms with E-state index in [0.717, 1.165) is 0 Å². The van der Waals surface area contributed by atoms with Crippen LogP contribution in [0.25, 0.3) is 0 Å². The van der Waals surface area contributed by atoms with Gasteiger partial charge in [-0.2, -0.15) is 0 Å². The van der Waals surface area contributed by atoms with Gasteiger partial charge in [-0.1, -0.05) is 41.5 Å². The summed E-state index contributed by atoms with van der Waals surface area (Å²) in [4.78, 5) is 128. The van der Waals surface area contributed by atoms with Gasteiger partial charge in [-0.15, -0.1) is 0 Å². The number of nitrogens with two attached hydrogens (primary N) is 2. The Balaban J connectivity index is 2.62. The molecule has 8 amide bonds. The molecular weight excluding hydrogens is 770 g/mol. The minimum absolute atomic E-state index is 0.0111. The highest BCUT2D eigenvalue weighted by Crippen LogP contribution is 2.24. The standard InChI is InChI=1S/C38H65N11O10/c1-19(2)15-24-33(55)45-23(11-9-13-41-38(39)40)32(54)42-18-28(50)44-25(17-29(51)52)34(56)47-26(16-20(3)4)36(58)48(8)30(21(5)6)37(59)49-14-10-12-27(49)35(57)43-22(7)31(53)46-24/h19-27,30H,9-18H2,1-8H3,(H,42,54)(H,43,57)(H,44,50)(H,45,55)(H,46,53)(H,47,56)(H,51,52)(H4,39,40,41)/t22-,23-,24-,25-,26-,27-,30+/m0/s1. The molecule has 0 saturated carbocycles. The molecule has 2 saturated heterocycles. The summed E-state index contributed by atoms with van der Waals surface area (Å²) in [6.45, 7) is 11.7. The van der Waals surface area contributed by atoms with Crippen LogP contribution in [-0.4, -0.2) is 143 Å². The molecule has 2 rings (SSSR count). The fourth-order valence-electron chi connectivity index (χ4n) is 7.06. The largest absolute Gasteiger partial charge is 0.481 e. The van der Waals surface area contributed by atoms with Gasteiger partial charge in [-0.3, -0.25) is 48.1 Å². The molecule has 0 bridgehead atoms. The van der Waals surface area contributed by atoms with E-state index >= 15 is 0 Å². The summed E-state index contributed by atoms with van der Waals surface area (Å²) in [6.07, 6.45) is 0.290. The van der Waals surface area contributed by atoms with Crippen molar-refractivity contribution in [1.29, 1.82) is 0 Å². The number of carbonyl (C=O) groups is 9. The first-order chi connectivity index (χ1) is 27.5. The molecule has 0 spiro atoms. The normalized spacial score (nSPS) is 26.3. The minimum Gasteiger partial charge on any atom is -0.481 e. The molecule has 59 heavy (non-hydrogen) atoms. The molecule has 0 unspecified atom stereocenters. The summed E-state index contributed by atoms with van der Waals surface area (Å²) in [7, 11) is 1.41. The van der Waals surface area contributed by atoms with E-state index in [2.05, 4.69) is 36.9 Å². The van der Waals surface area contributed by atoms with Gasteiger partial charge in [0.2, 0.25) is 47.3 Å². The van der Waals surface area contributed by atoms with Crippen LogP contribution in [0.4, 0.5) is 0 Å². The molecule has 7 atom stereocenters. The summed E-state index contributed by atoms with van der Waals surface area (Å²) >= 11 is 0. The van der Waals surface area contributed by atoms with E-state index in [0.29, 0.717) is 6.42 Å².